The molecule has 1 atom stereocenters. The van der Waals surface area contributed by atoms with Gasteiger partial charge in [0.05, 0.1) is 5.69 Å². The first kappa shape index (κ1) is 15.0. The molecule has 3 nitrogen and oxygen atoms in total. The van der Waals surface area contributed by atoms with Gasteiger partial charge in [-0.15, -0.1) is 0 Å². The minimum atomic E-state index is -0.711. The number of halogens is 1. The highest BCUT2D eigenvalue weighted by Crippen LogP contribution is 2.20. The third kappa shape index (κ3) is 3.81. The minimum absolute atomic E-state index is 0.154. The molecule has 0 saturated heterocycles. The third-order valence-corrected chi connectivity index (χ3v) is 3.16. The highest BCUT2D eigenvalue weighted by Gasteiger charge is 2.17. The topological polar surface area (TPSA) is 38.3 Å². The molecule has 0 aromatic heterocycles. The molecule has 110 valence electrons. The van der Waals surface area contributed by atoms with Crippen molar-refractivity contribution in [2.24, 2.45) is 0 Å². The van der Waals surface area contributed by atoms with Gasteiger partial charge in [-0.25, -0.2) is 4.39 Å². The molecule has 0 spiro atoms. The second-order valence-corrected chi connectivity index (χ2v) is 4.69. The smallest absolute Gasteiger partial charge is 0.265 e. The molecule has 1 N–H and O–H groups in total. The zero-order valence-electron chi connectivity index (χ0n) is 12.1. The van der Waals surface area contributed by atoms with E-state index < -0.39 is 11.9 Å². The maximum absolute atomic E-state index is 13.5. The van der Waals surface area contributed by atoms with E-state index in [0.717, 1.165) is 12.0 Å². The maximum Gasteiger partial charge on any atom is 0.265 e. The summed E-state index contributed by atoms with van der Waals surface area (Å²) in [5.74, 6) is -0.172. The van der Waals surface area contributed by atoms with Crippen LogP contribution in [-0.4, -0.2) is 12.0 Å². The fraction of sp³-hybridized carbons (Fsp3) is 0.235. The van der Waals surface area contributed by atoms with Crippen LogP contribution in [0.4, 0.5) is 10.1 Å². The van der Waals surface area contributed by atoms with Crippen LogP contribution in [0.1, 0.15) is 19.4 Å². The van der Waals surface area contributed by atoms with E-state index in [-0.39, 0.29) is 11.6 Å². The Morgan fingerprint density at radius 3 is 2.57 bits per heavy atom. The van der Waals surface area contributed by atoms with Gasteiger partial charge in [0, 0.05) is 0 Å². The number of ether oxygens (including phenoxy) is 1. The fourth-order valence-electron chi connectivity index (χ4n) is 1.95. The average Bonchev–Trinajstić information content (AvgIpc) is 2.50. The van der Waals surface area contributed by atoms with Crippen LogP contribution in [0.15, 0.2) is 48.5 Å². The summed E-state index contributed by atoms with van der Waals surface area (Å²) < 4.78 is 19.2. The highest BCUT2D eigenvalue weighted by molar-refractivity contribution is 5.94. The van der Waals surface area contributed by atoms with Gasteiger partial charge in [0.25, 0.3) is 5.91 Å². The first-order valence-corrected chi connectivity index (χ1v) is 6.91. The van der Waals surface area contributed by atoms with Crippen molar-refractivity contribution < 1.29 is 13.9 Å². The Hall–Kier alpha value is -2.36. The number of para-hydroxylation sites is 2. The average molecular weight is 287 g/mol. The monoisotopic (exact) mass is 287 g/mol. The van der Waals surface area contributed by atoms with E-state index in [1.807, 2.05) is 31.2 Å². The van der Waals surface area contributed by atoms with Crippen molar-refractivity contribution in [3.8, 4) is 5.75 Å². The lowest BCUT2D eigenvalue weighted by Gasteiger charge is -2.17. The molecule has 0 heterocycles. The van der Waals surface area contributed by atoms with Gasteiger partial charge in [-0.2, -0.15) is 0 Å². The summed E-state index contributed by atoms with van der Waals surface area (Å²) in [6.07, 6.45) is 0.106. The van der Waals surface area contributed by atoms with Gasteiger partial charge in [0.1, 0.15) is 11.6 Å². The number of rotatable bonds is 5. The van der Waals surface area contributed by atoms with E-state index in [9.17, 15) is 9.18 Å². The Bertz CT molecular complexity index is 628. The number of nitrogens with one attached hydrogen (secondary N) is 1. The quantitative estimate of drug-likeness (QED) is 0.908. The number of carbonyl (C=O) groups is 1. The van der Waals surface area contributed by atoms with Crippen LogP contribution < -0.4 is 10.1 Å². The summed E-state index contributed by atoms with van der Waals surface area (Å²) in [7, 11) is 0. The van der Waals surface area contributed by atoms with E-state index in [2.05, 4.69) is 5.32 Å². The lowest BCUT2D eigenvalue weighted by Crippen LogP contribution is -2.30. The Morgan fingerprint density at radius 1 is 1.19 bits per heavy atom. The van der Waals surface area contributed by atoms with Crippen molar-refractivity contribution in [1.82, 2.24) is 0 Å². The van der Waals surface area contributed by atoms with Crippen molar-refractivity contribution >= 4 is 11.6 Å². The van der Waals surface area contributed by atoms with Gasteiger partial charge >= 0.3 is 0 Å². The number of anilines is 1. The van der Waals surface area contributed by atoms with Crippen molar-refractivity contribution in [1.29, 1.82) is 0 Å². The summed E-state index contributed by atoms with van der Waals surface area (Å²) in [5.41, 5.74) is 1.18. The molecule has 0 aliphatic rings. The molecule has 0 fully saturated rings. The van der Waals surface area contributed by atoms with E-state index in [4.69, 9.17) is 4.74 Å². The van der Waals surface area contributed by atoms with Crippen LogP contribution in [0.3, 0.4) is 0 Å². The van der Waals surface area contributed by atoms with E-state index >= 15 is 0 Å². The Balaban J connectivity index is 2.05. The normalized spacial score (nSPS) is 11.8. The second kappa shape index (κ2) is 6.88. The van der Waals surface area contributed by atoms with Crippen LogP contribution in [-0.2, 0) is 11.2 Å². The molecule has 21 heavy (non-hydrogen) atoms. The number of hydrogen-bond acceptors (Lipinski definition) is 2. The predicted molar refractivity (Wildman–Crippen MR) is 80.9 cm³/mol. The molecule has 0 saturated carbocycles. The Labute approximate surface area is 123 Å². The molecule has 0 unspecified atom stereocenters. The SMILES string of the molecule is CCc1ccccc1O[C@@H](C)C(=O)Nc1ccccc1F. The van der Waals surface area contributed by atoms with Crippen LogP contribution in [0.25, 0.3) is 0 Å². The van der Waals surface area contributed by atoms with Crippen LogP contribution in [0.2, 0.25) is 0 Å². The molecule has 1 amide bonds. The van der Waals surface area contributed by atoms with Gasteiger partial charge < -0.3 is 10.1 Å². The minimum Gasteiger partial charge on any atom is -0.481 e. The zero-order chi connectivity index (χ0) is 15.2. The van der Waals surface area contributed by atoms with Crippen LogP contribution in [0, 0.1) is 5.82 Å². The Kier molecular flexibility index (Phi) is 4.93. The van der Waals surface area contributed by atoms with Crippen LogP contribution in [0.5, 0.6) is 5.75 Å². The number of benzene rings is 2. The van der Waals surface area contributed by atoms with Gasteiger partial charge in [0.2, 0.25) is 0 Å². The Morgan fingerprint density at radius 2 is 1.86 bits per heavy atom. The van der Waals surface area contributed by atoms with Crippen LogP contribution >= 0.6 is 0 Å². The van der Waals surface area contributed by atoms with Gasteiger partial charge in [-0.3, -0.25) is 4.79 Å². The fourth-order valence-corrected chi connectivity index (χ4v) is 1.95. The standard InChI is InChI=1S/C17H18FNO2/c1-3-13-8-4-7-11-16(13)21-12(2)17(20)19-15-10-6-5-9-14(15)18/h4-12H,3H2,1-2H3,(H,19,20)/t12-/m0/s1. The van der Waals surface area contributed by atoms with Gasteiger partial charge in [0.15, 0.2) is 6.10 Å². The van der Waals surface area contributed by atoms with E-state index in [0.29, 0.717) is 5.75 Å². The molecule has 2 aromatic rings. The van der Waals surface area contributed by atoms with Crippen molar-refractivity contribution in [2.45, 2.75) is 26.4 Å². The van der Waals surface area contributed by atoms with E-state index in [1.165, 1.54) is 12.1 Å². The zero-order valence-corrected chi connectivity index (χ0v) is 12.1. The van der Waals surface area contributed by atoms with Gasteiger partial charge in [-0.05, 0) is 37.1 Å². The lowest BCUT2D eigenvalue weighted by atomic mass is 10.1. The number of aryl methyl sites for hydroxylation is 1. The molecule has 0 radical (unpaired) electrons. The molecule has 2 aromatic carbocycles. The molecular formula is C17H18FNO2. The maximum atomic E-state index is 13.5. The van der Waals surface area contributed by atoms with Crippen molar-refractivity contribution in [3.05, 3.63) is 59.9 Å². The second-order valence-electron chi connectivity index (χ2n) is 4.69. The van der Waals surface area contributed by atoms with E-state index in [1.54, 1.807) is 19.1 Å². The molecule has 0 aliphatic carbocycles. The highest BCUT2D eigenvalue weighted by atomic mass is 19.1. The summed E-state index contributed by atoms with van der Waals surface area (Å²) in [6, 6.07) is 13.6. The first-order chi connectivity index (χ1) is 10.1. The lowest BCUT2D eigenvalue weighted by molar-refractivity contribution is -0.122. The summed E-state index contributed by atoms with van der Waals surface area (Å²) >= 11 is 0. The number of hydrogen-bond donors (Lipinski definition) is 1. The largest absolute Gasteiger partial charge is 0.481 e. The van der Waals surface area contributed by atoms with Gasteiger partial charge in [-0.1, -0.05) is 37.3 Å². The molecular weight excluding hydrogens is 269 g/mol. The molecule has 0 bridgehead atoms. The number of amides is 1. The summed E-state index contributed by atoms with van der Waals surface area (Å²) in [6.45, 7) is 3.66. The van der Waals surface area contributed by atoms with Crippen molar-refractivity contribution in [2.75, 3.05) is 5.32 Å². The molecule has 0 aliphatic heterocycles. The molecule has 2 rings (SSSR count). The first-order valence-electron chi connectivity index (χ1n) is 6.91. The summed E-state index contributed by atoms with van der Waals surface area (Å²) in [5, 5.41) is 2.53. The van der Waals surface area contributed by atoms with Crippen molar-refractivity contribution in [3.63, 3.8) is 0 Å². The molecule has 4 heteroatoms. The predicted octanol–water partition coefficient (Wildman–Crippen LogP) is 3.79. The summed E-state index contributed by atoms with van der Waals surface area (Å²) in [4.78, 5) is 12.1. The third-order valence-electron chi connectivity index (χ3n) is 3.16. The number of carbonyl (C=O) groups excluding carboxylic acids is 1.